The lowest BCUT2D eigenvalue weighted by Crippen LogP contribution is -2.48. The predicted molar refractivity (Wildman–Crippen MR) is 65.3 cm³/mol. The molecule has 1 fully saturated rings. The molecule has 0 aliphatic carbocycles. The Balaban J connectivity index is 2.05. The van der Waals surface area contributed by atoms with Crippen LogP contribution in [0.2, 0.25) is 0 Å². The fraction of sp³-hybridized carbons (Fsp3) is 0.615. The third kappa shape index (κ3) is 2.91. The Morgan fingerprint density at radius 3 is 2.67 bits per heavy atom. The van der Waals surface area contributed by atoms with Crippen molar-refractivity contribution in [1.82, 2.24) is 4.90 Å². The summed E-state index contributed by atoms with van der Waals surface area (Å²) in [5.74, 6) is 0.943. The molecule has 5 heteroatoms. The minimum absolute atomic E-state index is 0.0612. The first-order valence-corrected chi connectivity index (χ1v) is 6.12. The summed E-state index contributed by atoms with van der Waals surface area (Å²) >= 11 is 0. The highest BCUT2D eigenvalue weighted by molar-refractivity contribution is 5.91. The maximum atomic E-state index is 12.2. The Kier molecular flexibility index (Phi) is 4.04. The Morgan fingerprint density at radius 1 is 1.39 bits per heavy atom. The highest BCUT2D eigenvalue weighted by Gasteiger charge is 2.28. The first-order valence-electron chi connectivity index (χ1n) is 6.12. The van der Waals surface area contributed by atoms with Gasteiger partial charge in [-0.05, 0) is 26.0 Å². The zero-order chi connectivity index (χ0) is 13.1. The number of morpholine rings is 1. The van der Waals surface area contributed by atoms with Crippen molar-refractivity contribution in [3.8, 4) is 0 Å². The number of hydrogen-bond donors (Lipinski definition) is 0. The molecule has 1 aliphatic rings. The van der Waals surface area contributed by atoms with Crippen molar-refractivity contribution in [2.45, 2.75) is 32.7 Å². The highest BCUT2D eigenvalue weighted by Crippen LogP contribution is 2.16. The Hall–Kier alpha value is -1.33. The van der Waals surface area contributed by atoms with Crippen LogP contribution in [0.4, 0.5) is 0 Å². The molecule has 18 heavy (non-hydrogen) atoms. The van der Waals surface area contributed by atoms with Crippen LogP contribution in [0.1, 0.15) is 30.2 Å². The van der Waals surface area contributed by atoms with Crippen LogP contribution in [0.5, 0.6) is 0 Å². The molecule has 100 valence electrons. The summed E-state index contributed by atoms with van der Waals surface area (Å²) < 4.78 is 16.0. The Labute approximate surface area is 107 Å². The molecule has 0 bridgehead atoms. The lowest BCUT2D eigenvalue weighted by atomic mass is 10.2. The van der Waals surface area contributed by atoms with Crippen molar-refractivity contribution in [1.29, 1.82) is 0 Å². The van der Waals surface area contributed by atoms with Gasteiger partial charge in [0.05, 0.1) is 12.2 Å². The molecule has 1 aromatic heterocycles. The fourth-order valence-corrected chi connectivity index (χ4v) is 2.21. The van der Waals surface area contributed by atoms with E-state index in [9.17, 15) is 4.79 Å². The van der Waals surface area contributed by atoms with Gasteiger partial charge >= 0.3 is 0 Å². The summed E-state index contributed by atoms with van der Waals surface area (Å²) in [4.78, 5) is 14.0. The quantitative estimate of drug-likeness (QED) is 0.822. The van der Waals surface area contributed by atoms with Gasteiger partial charge in [0, 0.05) is 20.2 Å². The van der Waals surface area contributed by atoms with Gasteiger partial charge in [-0.3, -0.25) is 4.79 Å². The summed E-state index contributed by atoms with van der Waals surface area (Å²) in [6.45, 7) is 5.51. The van der Waals surface area contributed by atoms with E-state index in [2.05, 4.69) is 0 Å². The van der Waals surface area contributed by atoms with E-state index in [0.29, 0.717) is 31.2 Å². The number of carbonyl (C=O) groups is 1. The van der Waals surface area contributed by atoms with Gasteiger partial charge in [0.15, 0.2) is 5.76 Å². The summed E-state index contributed by atoms with van der Waals surface area (Å²) in [5, 5.41) is 0. The Bertz CT molecular complexity index is 405. The maximum absolute atomic E-state index is 12.2. The molecule has 2 heterocycles. The second-order valence-corrected chi connectivity index (χ2v) is 4.67. The van der Waals surface area contributed by atoms with Crippen LogP contribution in [-0.2, 0) is 16.1 Å². The molecule has 2 rings (SSSR count). The number of ether oxygens (including phenoxy) is 2. The summed E-state index contributed by atoms with van der Waals surface area (Å²) in [5.41, 5.74) is 0. The number of furan rings is 1. The van der Waals surface area contributed by atoms with Crippen LogP contribution in [0.25, 0.3) is 0 Å². The number of rotatable bonds is 3. The molecule has 1 amide bonds. The van der Waals surface area contributed by atoms with Gasteiger partial charge in [0.1, 0.15) is 12.4 Å². The molecule has 0 radical (unpaired) electrons. The lowest BCUT2D eigenvalue weighted by Gasteiger charge is -2.34. The number of methoxy groups -OCH3 is 1. The SMILES string of the molecule is COCc1ccc(C(=O)N2CC(C)OC(C)C2)o1. The van der Waals surface area contributed by atoms with E-state index in [4.69, 9.17) is 13.9 Å². The first kappa shape index (κ1) is 13.1. The molecule has 0 N–H and O–H groups in total. The van der Waals surface area contributed by atoms with Crippen molar-refractivity contribution >= 4 is 5.91 Å². The summed E-state index contributed by atoms with van der Waals surface area (Å²) in [6.07, 6.45) is 0.122. The molecule has 2 unspecified atom stereocenters. The molecule has 0 saturated carbocycles. The second-order valence-electron chi connectivity index (χ2n) is 4.67. The Morgan fingerprint density at radius 2 is 2.06 bits per heavy atom. The smallest absolute Gasteiger partial charge is 0.289 e. The zero-order valence-electron chi connectivity index (χ0n) is 11.0. The van der Waals surface area contributed by atoms with Gasteiger partial charge in [-0.25, -0.2) is 0 Å². The average molecular weight is 253 g/mol. The van der Waals surface area contributed by atoms with Crippen LogP contribution < -0.4 is 0 Å². The van der Waals surface area contributed by atoms with E-state index in [1.807, 2.05) is 13.8 Å². The van der Waals surface area contributed by atoms with E-state index in [1.165, 1.54) is 0 Å². The zero-order valence-corrected chi connectivity index (χ0v) is 11.0. The van der Waals surface area contributed by atoms with Crippen molar-refractivity contribution in [3.63, 3.8) is 0 Å². The van der Waals surface area contributed by atoms with Gasteiger partial charge in [0.2, 0.25) is 0 Å². The molecule has 1 aliphatic heterocycles. The van der Waals surface area contributed by atoms with E-state index in [0.717, 1.165) is 0 Å². The average Bonchev–Trinajstić information content (AvgIpc) is 2.76. The number of hydrogen-bond acceptors (Lipinski definition) is 4. The fourth-order valence-electron chi connectivity index (χ4n) is 2.21. The van der Waals surface area contributed by atoms with Crippen LogP contribution >= 0.6 is 0 Å². The van der Waals surface area contributed by atoms with Crippen molar-refractivity contribution < 1.29 is 18.7 Å². The molecule has 1 aromatic rings. The van der Waals surface area contributed by atoms with Crippen LogP contribution in [0.3, 0.4) is 0 Å². The molecular formula is C13H19NO4. The van der Waals surface area contributed by atoms with Crippen LogP contribution in [0, 0.1) is 0 Å². The summed E-state index contributed by atoms with van der Waals surface area (Å²) in [7, 11) is 1.59. The number of nitrogens with zero attached hydrogens (tertiary/aromatic N) is 1. The molecule has 2 atom stereocenters. The molecule has 0 aromatic carbocycles. The van der Waals surface area contributed by atoms with Crippen molar-refractivity contribution in [2.75, 3.05) is 20.2 Å². The number of carbonyl (C=O) groups excluding carboxylic acids is 1. The minimum Gasteiger partial charge on any atom is -0.453 e. The van der Waals surface area contributed by atoms with E-state index >= 15 is 0 Å². The van der Waals surface area contributed by atoms with E-state index in [1.54, 1.807) is 24.1 Å². The van der Waals surface area contributed by atoms with E-state index < -0.39 is 0 Å². The molecule has 1 saturated heterocycles. The third-order valence-corrected chi connectivity index (χ3v) is 2.87. The monoisotopic (exact) mass is 253 g/mol. The third-order valence-electron chi connectivity index (χ3n) is 2.87. The second kappa shape index (κ2) is 5.54. The standard InChI is InChI=1S/C13H19NO4/c1-9-6-14(7-10(2)17-9)13(15)12-5-4-11(18-12)8-16-3/h4-5,9-10H,6-8H2,1-3H3. The maximum Gasteiger partial charge on any atom is 0.289 e. The normalized spacial score (nSPS) is 24.3. The van der Waals surface area contributed by atoms with Crippen molar-refractivity contribution in [3.05, 3.63) is 23.7 Å². The minimum atomic E-state index is -0.0839. The first-order chi connectivity index (χ1) is 8.60. The van der Waals surface area contributed by atoms with Gasteiger partial charge < -0.3 is 18.8 Å². The van der Waals surface area contributed by atoms with Crippen LogP contribution in [0.15, 0.2) is 16.5 Å². The largest absolute Gasteiger partial charge is 0.453 e. The topological polar surface area (TPSA) is 51.9 Å². The summed E-state index contributed by atoms with van der Waals surface area (Å²) in [6, 6.07) is 3.46. The van der Waals surface area contributed by atoms with Gasteiger partial charge in [0.25, 0.3) is 5.91 Å². The van der Waals surface area contributed by atoms with Crippen LogP contribution in [-0.4, -0.2) is 43.2 Å². The number of amides is 1. The molecule has 0 spiro atoms. The van der Waals surface area contributed by atoms with E-state index in [-0.39, 0.29) is 18.1 Å². The van der Waals surface area contributed by atoms with Gasteiger partial charge in [-0.2, -0.15) is 0 Å². The molecular weight excluding hydrogens is 234 g/mol. The van der Waals surface area contributed by atoms with Gasteiger partial charge in [-0.1, -0.05) is 0 Å². The van der Waals surface area contributed by atoms with Crippen molar-refractivity contribution in [2.24, 2.45) is 0 Å². The van der Waals surface area contributed by atoms with Gasteiger partial charge in [-0.15, -0.1) is 0 Å². The molecule has 5 nitrogen and oxygen atoms in total. The predicted octanol–water partition coefficient (Wildman–Crippen LogP) is 1.68. The highest BCUT2D eigenvalue weighted by atomic mass is 16.5. The lowest BCUT2D eigenvalue weighted by molar-refractivity contribution is -0.0592.